The molecule has 3 heterocycles. The molecule has 0 aliphatic carbocycles. The lowest BCUT2D eigenvalue weighted by molar-refractivity contribution is 0.0930. The van der Waals surface area contributed by atoms with Gasteiger partial charge in [-0.2, -0.15) is 0 Å². The van der Waals surface area contributed by atoms with E-state index in [4.69, 9.17) is 13.7 Å². The van der Waals surface area contributed by atoms with Gasteiger partial charge in [-0.25, -0.2) is 0 Å². The third kappa shape index (κ3) is 4.05. The van der Waals surface area contributed by atoms with Gasteiger partial charge in [0.25, 0.3) is 5.91 Å². The Hall–Kier alpha value is -3.06. The summed E-state index contributed by atoms with van der Waals surface area (Å²) in [6, 6.07) is 11.8. The Morgan fingerprint density at radius 3 is 2.93 bits per heavy atom. The zero-order valence-electron chi connectivity index (χ0n) is 16.7. The number of nitrogens with one attached hydrogen (secondary N) is 1. The maximum absolute atomic E-state index is 12.7. The first-order chi connectivity index (χ1) is 14.2. The van der Waals surface area contributed by atoms with Crippen LogP contribution in [0.4, 0.5) is 0 Å². The molecule has 2 aromatic heterocycles. The Balaban J connectivity index is 1.40. The van der Waals surface area contributed by atoms with E-state index in [-0.39, 0.29) is 18.2 Å². The second kappa shape index (κ2) is 8.53. The predicted octanol–water partition coefficient (Wildman–Crippen LogP) is 3.86. The average molecular weight is 395 g/mol. The van der Waals surface area contributed by atoms with Gasteiger partial charge in [0, 0.05) is 19.1 Å². The largest absolute Gasteiger partial charge is 0.488 e. The highest BCUT2D eigenvalue weighted by Gasteiger charge is 2.28. The molecule has 0 spiro atoms. The number of aromatic nitrogens is 1. The maximum Gasteiger partial charge on any atom is 0.273 e. The normalized spacial score (nSPS) is 13.5. The van der Waals surface area contributed by atoms with Crippen molar-refractivity contribution >= 4 is 5.91 Å². The van der Waals surface area contributed by atoms with Crippen LogP contribution in [0.2, 0.25) is 0 Å². The standard InChI is InChI=1S/C22H25N3O4/c1-3-15(2)25(13-16-7-6-12-27-16)11-10-23-22(26)20-18-14-28-19-9-5-4-8-17(19)21(18)29-24-20/h4-9,12,15H,3,10-11,13-14H2,1-2H3,(H,23,26). The molecule has 0 saturated heterocycles. The Morgan fingerprint density at radius 1 is 1.28 bits per heavy atom. The number of hydrogen-bond donors (Lipinski definition) is 1. The summed E-state index contributed by atoms with van der Waals surface area (Å²) in [6.07, 6.45) is 2.70. The average Bonchev–Trinajstić information content (AvgIpc) is 3.42. The number of benzene rings is 1. The van der Waals surface area contributed by atoms with Crippen molar-refractivity contribution in [3.63, 3.8) is 0 Å². The van der Waals surface area contributed by atoms with Gasteiger partial charge >= 0.3 is 0 Å². The molecular weight excluding hydrogens is 370 g/mol. The SMILES string of the molecule is CCC(C)N(CCNC(=O)c1noc2c1COc1ccccc1-2)Cc1ccco1. The monoisotopic (exact) mass is 395 g/mol. The molecule has 0 saturated carbocycles. The summed E-state index contributed by atoms with van der Waals surface area (Å²) in [7, 11) is 0. The van der Waals surface area contributed by atoms with E-state index >= 15 is 0 Å². The summed E-state index contributed by atoms with van der Waals surface area (Å²) in [5.41, 5.74) is 1.80. The number of hydrogen-bond acceptors (Lipinski definition) is 6. The van der Waals surface area contributed by atoms with Gasteiger partial charge in [0.15, 0.2) is 11.5 Å². The number of furan rings is 1. The van der Waals surface area contributed by atoms with Crippen molar-refractivity contribution < 1.29 is 18.5 Å². The molecule has 1 aliphatic rings. The Labute approximate surface area is 169 Å². The summed E-state index contributed by atoms with van der Waals surface area (Å²) < 4.78 is 16.7. The van der Waals surface area contributed by atoms with Crippen LogP contribution in [0, 0.1) is 0 Å². The zero-order valence-corrected chi connectivity index (χ0v) is 16.7. The molecule has 1 N–H and O–H groups in total. The number of rotatable bonds is 8. The fourth-order valence-electron chi connectivity index (χ4n) is 3.48. The molecule has 7 heteroatoms. The molecule has 1 atom stereocenters. The molecule has 1 unspecified atom stereocenters. The van der Waals surface area contributed by atoms with Crippen LogP contribution < -0.4 is 10.1 Å². The topological polar surface area (TPSA) is 80.7 Å². The summed E-state index contributed by atoms with van der Waals surface area (Å²) >= 11 is 0. The van der Waals surface area contributed by atoms with Crippen molar-refractivity contribution in [2.24, 2.45) is 0 Å². The van der Waals surface area contributed by atoms with Crippen molar-refractivity contribution in [2.45, 2.75) is 39.5 Å². The van der Waals surface area contributed by atoms with Crippen LogP contribution in [-0.4, -0.2) is 35.1 Å². The number of para-hydroxylation sites is 1. The van der Waals surface area contributed by atoms with Crippen LogP contribution in [0.3, 0.4) is 0 Å². The zero-order chi connectivity index (χ0) is 20.2. The van der Waals surface area contributed by atoms with E-state index in [9.17, 15) is 4.79 Å². The fraction of sp³-hybridized carbons (Fsp3) is 0.364. The quantitative estimate of drug-likeness (QED) is 0.624. The molecule has 1 aliphatic heterocycles. The molecule has 0 fully saturated rings. The van der Waals surface area contributed by atoms with E-state index in [1.54, 1.807) is 6.26 Å². The molecule has 152 valence electrons. The number of amides is 1. The van der Waals surface area contributed by atoms with Crippen molar-refractivity contribution in [1.29, 1.82) is 0 Å². The van der Waals surface area contributed by atoms with E-state index in [1.165, 1.54) is 0 Å². The van der Waals surface area contributed by atoms with Crippen LogP contribution in [0.25, 0.3) is 11.3 Å². The Morgan fingerprint density at radius 2 is 2.14 bits per heavy atom. The number of carbonyl (C=O) groups excluding carboxylic acids is 1. The van der Waals surface area contributed by atoms with Crippen molar-refractivity contribution in [3.8, 4) is 17.1 Å². The smallest absolute Gasteiger partial charge is 0.273 e. The van der Waals surface area contributed by atoms with E-state index in [0.717, 1.165) is 23.5 Å². The van der Waals surface area contributed by atoms with E-state index in [1.807, 2.05) is 36.4 Å². The molecule has 1 aromatic carbocycles. The minimum Gasteiger partial charge on any atom is -0.488 e. The van der Waals surface area contributed by atoms with Gasteiger partial charge in [0.05, 0.1) is 23.9 Å². The molecule has 0 radical (unpaired) electrons. The Bertz CT molecular complexity index is 964. The van der Waals surface area contributed by atoms with E-state index in [2.05, 4.69) is 29.2 Å². The molecule has 0 bridgehead atoms. The second-order valence-corrected chi connectivity index (χ2v) is 7.19. The fourth-order valence-corrected chi connectivity index (χ4v) is 3.48. The molecule has 3 aromatic rings. The van der Waals surface area contributed by atoms with Gasteiger partial charge in [-0.3, -0.25) is 9.69 Å². The van der Waals surface area contributed by atoms with E-state index < -0.39 is 0 Å². The lowest BCUT2D eigenvalue weighted by Gasteiger charge is -2.27. The maximum atomic E-state index is 12.7. The number of ether oxygens (including phenoxy) is 1. The van der Waals surface area contributed by atoms with E-state index in [0.29, 0.717) is 37.0 Å². The predicted molar refractivity (Wildman–Crippen MR) is 107 cm³/mol. The molecule has 1 amide bonds. The van der Waals surface area contributed by atoms with Crippen LogP contribution >= 0.6 is 0 Å². The summed E-state index contributed by atoms with van der Waals surface area (Å²) in [5, 5.41) is 6.97. The molecule has 7 nitrogen and oxygen atoms in total. The third-order valence-corrected chi connectivity index (χ3v) is 5.34. The number of nitrogens with zero attached hydrogens (tertiary/aromatic N) is 2. The highest BCUT2D eigenvalue weighted by Crippen LogP contribution is 2.38. The minimum atomic E-state index is -0.250. The third-order valence-electron chi connectivity index (χ3n) is 5.34. The van der Waals surface area contributed by atoms with Crippen LogP contribution in [0.5, 0.6) is 5.75 Å². The second-order valence-electron chi connectivity index (χ2n) is 7.19. The molecule has 29 heavy (non-hydrogen) atoms. The first-order valence-corrected chi connectivity index (χ1v) is 9.92. The van der Waals surface area contributed by atoms with Gasteiger partial charge < -0.3 is 19.0 Å². The molecular formula is C22H25N3O4. The first-order valence-electron chi connectivity index (χ1n) is 9.92. The summed E-state index contributed by atoms with van der Waals surface area (Å²) in [4.78, 5) is 15.0. The first kappa shape index (κ1) is 19.3. The van der Waals surface area contributed by atoms with Crippen LogP contribution in [0.1, 0.15) is 42.1 Å². The van der Waals surface area contributed by atoms with Crippen molar-refractivity contribution in [3.05, 3.63) is 59.7 Å². The van der Waals surface area contributed by atoms with Crippen molar-refractivity contribution in [2.75, 3.05) is 13.1 Å². The number of carbonyl (C=O) groups is 1. The van der Waals surface area contributed by atoms with Crippen molar-refractivity contribution in [1.82, 2.24) is 15.4 Å². The van der Waals surface area contributed by atoms with Gasteiger partial charge in [-0.1, -0.05) is 24.2 Å². The van der Waals surface area contributed by atoms with Gasteiger partial charge in [0.1, 0.15) is 18.1 Å². The number of fused-ring (bicyclic) bond motifs is 3. The highest BCUT2D eigenvalue weighted by molar-refractivity contribution is 5.95. The Kier molecular flexibility index (Phi) is 5.67. The van der Waals surface area contributed by atoms with Gasteiger partial charge in [-0.15, -0.1) is 0 Å². The highest BCUT2D eigenvalue weighted by atomic mass is 16.5. The summed E-state index contributed by atoms with van der Waals surface area (Å²) in [6.45, 7) is 6.52. The van der Waals surface area contributed by atoms with Gasteiger partial charge in [0.2, 0.25) is 0 Å². The molecule has 4 rings (SSSR count). The lowest BCUT2D eigenvalue weighted by atomic mass is 10.0. The lowest BCUT2D eigenvalue weighted by Crippen LogP contribution is -2.39. The summed E-state index contributed by atoms with van der Waals surface area (Å²) in [5.74, 6) is 2.01. The van der Waals surface area contributed by atoms with Crippen LogP contribution in [-0.2, 0) is 13.2 Å². The minimum absolute atomic E-state index is 0.250. The van der Waals surface area contributed by atoms with Gasteiger partial charge in [-0.05, 0) is 37.6 Å². The van der Waals surface area contributed by atoms with Crippen LogP contribution in [0.15, 0.2) is 51.6 Å².